The topological polar surface area (TPSA) is 81.9 Å². The molecule has 2 heterocycles. The number of carbonyl (C=O) groups is 1. The summed E-state index contributed by atoms with van der Waals surface area (Å²) in [5.41, 5.74) is 1.74. The molecule has 1 N–H and O–H groups in total. The Labute approximate surface area is 180 Å². The second kappa shape index (κ2) is 9.75. The number of hydrogen-bond acceptors (Lipinski definition) is 6. The van der Waals surface area contributed by atoms with Gasteiger partial charge in [0.25, 0.3) is 0 Å². The Kier molecular flexibility index (Phi) is 6.63. The van der Waals surface area contributed by atoms with Gasteiger partial charge in [-0.05, 0) is 49.2 Å². The zero-order chi connectivity index (χ0) is 20.8. The first-order chi connectivity index (χ1) is 14.7. The molecule has 1 aromatic carbocycles. The minimum Gasteiger partial charge on any atom is -0.497 e. The summed E-state index contributed by atoms with van der Waals surface area (Å²) in [4.78, 5) is 16.6. The fourth-order valence-electron chi connectivity index (χ4n) is 3.74. The first-order valence-corrected chi connectivity index (χ1v) is 11.1. The van der Waals surface area contributed by atoms with Gasteiger partial charge in [-0.3, -0.25) is 14.3 Å². The number of rotatable bonds is 7. The van der Waals surface area contributed by atoms with Crippen LogP contribution in [0.25, 0.3) is 11.4 Å². The molecular formula is C22H25N5O2S. The quantitative estimate of drug-likeness (QED) is 0.560. The predicted octanol–water partition coefficient (Wildman–Crippen LogP) is 4.58. The van der Waals surface area contributed by atoms with Crippen LogP contribution in [-0.2, 0) is 4.79 Å². The molecule has 1 amide bonds. The third kappa shape index (κ3) is 4.81. The lowest BCUT2D eigenvalue weighted by Gasteiger charge is -2.25. The number of aromatic nitrogens is 4. The highest BCUT2D eigenvalue weighted by atomic mass is 32.2. The number of anilines is 1. The molecule has 156 valence electrons. The van der Waals surface area contributed by atoms with Gasteiger partial charge in [-0.15, -0.1) is 10.2 Å². The minimum atomic E-state index is -0.0752. The van der Waals surface area contributed by atoms with Crippen molar-refractivity contribution in [2.75, 3.05) is 18.2 Å². The van der Waals surface area contributed by atoms with Crippen LogP contribution >= 0.6 is 11.8 Å². The van der Waals surface area contributed by atoms with Crippen molar-refractivity contribution in [1.29, 1.82) is 0 Å². The lowest BCUT2D eigenvalue weighted by atomic mass is 9.95. The van der Waals surface area contributed by atoms with Crippen molar-refractivity contribution in [2.45, 2.75) is 43.3 Å². The Morgan fingerprint density at radius 2 is 1.83 bits per heavy atom. The van der Waals surface area contributed by atoms with E-state index < -0.39 is 0 Å². The number of pyridine rings is 1. The van der Waals surface area contributed by atoms with Gasteiger partial charge >= 0.3 is 0 Å². The van der Waals surface area contributed by atoms with Crippen molar-refractivity contribution in [3.8, 4) is 17.1 Å². The Bertz CT molecular complexity index is 969. The number of ether oxygens (including phenoxy) is 1. The normalized spacial score (nSPS) is 14.4. The first kappa shape index (κ1) is 20.4. The lowest BCUT2D eigenvalue weighted by molar-refractivity contribution is -0.113. The Morgan fingerprint density at radius 3 is 2.53 bits per heavy atom. The third-order valence-electron chi connectivity index (χ3n) is 5.25. The molecule has 1 aliphatic rings. The van der Waals surface area contributed by atoms with Gasteiger partial charge < -0.3 is 10.1 Å². The van der Waals surface area contributed by atoms with E-state index in [1.54, 1.807) is 19.5 Å². The molecule has 0 saturated heterocycles. The van der Waals surface area contributed by atoms with E-state index in [1.807, 2.05) is 36.4 Å². The van der Waals surface area contributed by atoms with Crippen LogP contribution in [-0.4, -0.2) is 38.5 Å². The summed E-state index contributed by atoms with van der Waals surface area (Å²) in [5.74, 6) is 1.80. The molecule has 0 aliphatic heterocycles. The highest BCUT2D eigenvalue weighted by Crippen LogP contribution is 2.35. The fourth-order valence-corrected chi connectivity index (χ4v) is 4.55. The van der Waals surface area contributed by atoms with Crippen LogP contribution in [0.2, 0.25) is 0 Å². The van der Waals surface area contributed by atoms with E-state index in [0.717, 1.165) is 40.8 Å². The zero-order valence-corrected chi connectivity index (χ0v) is 17.8. The molecule has 1 aliphatic carbocycles. The summed E-state index contributed by atoms with van der Waals surface area (Å²) >= 11 is 1.43. The Balaban J connectivity index is 1.49. The van der Waals surface area contributed by atoms with Crippen LogP contribution in [0.5, 0.6) is 5.75 Å². The number of benzene rings is 1. The molecule has 0 atom stereocenters. The maximum absolute atomic E-state index is 12.5. The number of thioether (sulfide) groups is 1. The van der Waals surface area contributed by atoms with Gasteiger partial charge in [0.1, 0.15) is 5.75 Å². The Morgan fingerprint density at radius 1 is 1.10 bits per heavy atom. The molecule has 30 heavy (non-hydrogen) atoms. The highest BCUT2D eigenvalue weighted by Gasteiger charge is 2.24. The fraction of sp³-hybridized carbons (Fsp3) is 0.364. The lowest BCUT2D eigenvalue weighted by Crippen LogP contribution is -2.17. The van der Waals surface area contributed by atoms with Crippen molar-refractivity contribution in [2.24, 2.45) is 0 Å². The number of hydrogen-bond donors (Lipinski definition) is 1. The number of nitrogens with one attached hydrogen (secondary N) is 1. The molecule has 4 rings (SSSR count). The molecule has 0 radical (unpaired) electrons. The van der Waals surface area contributed by atoms with E-state index >= 15 is 0 Å². The zero-order valence-electron chi connectivity index (χ0n) is 17.0. The van der Waals surface area contributed by atoms with Gasteiger partial charge in [-0.1, -0.05) is 31.0 Å². The summed E-state index contributed by atoms with van der Waals surface area (Å²) in [7, 11) is 1.62. The van der Waals surface area contributed by atoms with Crippen molar-refractivity contribution in [3.05, 3.63) is 48.8 Å². The van der Waals surface area contributed by atoms with E-state index in [0.29, 0.717) is 6.04 Å². The third-order valence-corrected chi connectivity index (χ3v) is 6.19. The second-order valence-corrected chi connectivity index (χ2v) is 8.21. The molecule has 8 heteroatoms. The average molecular weight is 424 g/mol. The van der Waals surface area contributed by atoms with E-state index in [2.05, 4.69) is 25.1 Å². The van der Waals surface area contributed by atoms with Gasteiger partial charge in [-0.25, -0.2) is 0 Å². The van der Waals surface area contributed by atoms with Crippen LogP contribution in [0.1, 0.15) is 38.1 Å². The number of carbonyl (C=O) groups excluding carboxylic acids is 1. The smallest absolute Gasteiger partial charge is 0.234 e. The molecule has 2 aromatic heterocycles. The monoisotopic (exact) mass is 423 g/mol. The number of methoxy groups -OCH3 is 1. The summed E-state index contributed by atoms with van der Waals surface area (Å²) in [6.45, 7) is 0. The van der Waals surface area contributed by atoms with Crippen molar-refractivity contribution in [1.82, 2.24) is 19.7 Å². The summed E-state index contributed by atoms with van der Waals surface area (Å²) in [6.07, 6.45) is 9.45. The molecule has 1 saturated carbocycles. The standard InChI is InChI=1S/C22H25N5O2S/c1-29-19-9-7-17(8-10-19)24-20(28)15-30-22-26-25-21(16-11-13-23-14-12-16)27(22)18-5-3-2-4-6-18/h7-14,18H,2-6,15H2,1H3,(H,24,28). The van der Waals surface area contributed by atoms with E-state index in [4.69, 9.17) is 4.74 Å². The van der Waals surface area contributed by atoms with E-state index in [9.17, 15) is 4.79 Å². The minimum absolute atomic E-state index is 0.0752. The van der Waals surface area contributed by atoms with E-state index in [-0.39, 0.29) is 11.7 Å². The highest BCUT2D eigenvalue weighted by molar-refractivity contribution is 7.99. The Hall–Kier alpha value is -2.87. The number of nitrogens with zero attached hydrogens (tertiary/aromatic N) is 4. The van der Waals surface area contributed by atoms with Crippen LogP contribution in [0, 0.1) is 0 Å². The molecule has 0 unspecified atom stereocenters. The maximum Gasteiger partial charge on any atom is 0.234 e. The van der Waals surface area contributed by atoms with Crippen molar-refractivity contribution in [3.63, 3.8) is 0 Å². The van der Waals surface area contributed by atoms with Gasteiger partial charge in [0.15, 0.2) is 11.0 Å². The molecule has 1 fully saturated rings. The summed E-state index contributed by atoms with van der Waals surface area (Å²) in [5, 5.41) is 12.6. The summed E-state index contributed by atoms with van der Waals surface area (Å²) < 4.78 is 7.37. The summed E-state index contributed by atoms with van der Waals surface area (Å²) in [6, 6.07) is 11.6. The van der Waals surface area contributed by atoms with Crippen LogP contribution in [0.15, 0.2) is 53.9 Å². The van der Waals surface area contributed by atoms with Crippen LogP contribution in [0.4, 0.5) is 5.69 Å². The largest absolute Gasteiger partial charge is 0.497 e. The van der Waals surface area contributed by atoms with E-state index in [1.165, 1.54) is 31.0 Å². The van der Waals surface area contributed by atoms with Gasteiger partial charge in [-0.2, -0.15) is 0 Å². The van der Waals surface area contributed by atoms with Crippen LogP contribution < -0.4 is 10.1 Å². The van der Waals surface area contributed by atoms with Crippen LogP contribution in [0.3, 0.4) is 0 Å². The predicted molar refractivity (Wildman–Crippen MR) is 118 cm³/mol. The average Bonchev–Trinajstić information content (AvgIpc) is 3.23. The van der Waals surface area contributed by atoms with Gasteiger partial charge in [0, 0.05) is 29.7 Å². The van der Waals surface area contributed by atoms with Gasteiger partial charge in [0.2, 0.25) is 5.91 Å². The van der Waals surface area contributed by atoms with Gasteiger partial charge in [0.05, 0.1) is 12.9 Å². The van der Waals surface area contributed by atoms with Crippen molar-refractivity contribution < 1.29 is 9.53 Å². The molecule has 0 spiro atoms. The molecule has 7 nitrogen and oxygen atoms in total. The SMILES string of the molecule is COc1ccc(NC(=O)CSc2nnc(-c3ccncc3)n2C2CCCCC2)cc1. The molecule has 3 aromatic rings. The first-order valence-electron chi connectivity index (χ1n) is 10.2. The molecule has 0 bridgehead atoms. The van der Waals surface area contributed by atoms with Crippen molar-refractivity contribution >= 4 is 23.4 Å². The number of amides is 1. The maximum atomic E-state index is 12.5. The second-order valence-electron chi connectivity index (χ2n) is 7.27. The molecular weight excluding hydrogens is 398 g/mol.